The second-order valence-electron chi connectivity index (χ2n) is 2.87. The zero-order chi connectivity index (χ0) is 10.1. The van der Waals surface area contributed by atoms with E-state index in [1.54, 1.807) is 12.3 Å². The predicted molar refractivity (Wildman–Crippen MR) is 47.5 cm³/mol. The van der Waals surface area contributed by atoms with Gasteiger partial charge < -0.3 is 13.6 Å². The van der Waals surface area contributed by atoms with E-state index in [1.807, 2.05) is 0 Å². The summed E-state index contributed by atoms with van der Waals surface area (Å²) >= 11 is 0. The zero-order valence-corrected chi connectivity index (χ0v) is 7.45. The van der Waals surface area contributed by atoms with E-state index in [0.717, 1.165) is 11.1 Å². The van der Waals surface area contributed by atoms with Gasteiger partial charge in [0.2, 0.25) is 0 Å². The van der Waals surface area contributed by atoms with Gasteiger partial charge in [-0.1, -0.05) is 15.5 Å². The average molecular weight is 203 g/mol. The number of nitrogens with zero attached hydrogens (tertiary/aromatic N) is 3. The van der Waals surface area contributed by atoms with E-state index >= 15 is 0 Å². The third-order valence-electron chi connectivity index (χ3n) is 1.99. The maximum Gasteiger partial charge on any atom is 0.134 e. The Morgan fingerprint density at radius 1 is 1.00 bits per heavy atom. The molecule has 0 N–H and O–H groups in total. The Morgan fingerprint density at radius 3 is 2.73 bits per heavy atom. The highest BCUT2D eigenvalue weighted by atomic mass is 16.5. The van der Waals surface area contributed by atoms with Crippen LogP contribution in [0.2, 0.25) is 0 Å². The van der Waals surface area contributed by atoms with E-state index in [4.69, 9.17) is 13.6 Å². The molecule has 15 heavy (non-hydrogen) atoms. The van der Waals surface area contributed by atoms with Crippen molar-refractivity contribution in [1.82, 2.24) is 15.5 Å². The van der Waals surface area contributed by atoms with Crippen LogP contribution in [0.15, 0.2) is 44.6 Å². The molecule has 3 aromatic heterocycles. The van der Waals surface area contributed by atoms with Crippen molar-refractivity contribution in [1.29, 1.82) is 0 Å². The van der Waals surface area contributed by atoms with Crippen LogP contribution in [0, 0.1) is 0 Å². The van der Waals surface area contributed by atoms with Crippen molar-refractivity contribution < 1.29 is 13.6 Å². The van der Waals surface area contributed by atoms with E-state index in [9.17, 15) is 0 Å². The van der Waals surface area contributed by atoms with Crippen LogP contribution in [0.4, 0.5) is 0 Å². The number of hydrogen-bond donors (Lipinski definition) is 0. The fraction of sp³-hybridized carbons (Fsp3) is 0. The molecule has 0 aliphatic heterocycles. The molecule has 0 aliphatic rings. The fourth-order valence-electron chi connectivity index (χ4n) is 1.30. The molecule has 0 fully saturated rings. The molecule has 74 valence electrons. The average Bonchev–Trinajstić information content (AvgIpc) is 3.01. The lowest BCUT2D eigenvalue weighted by Crippen LogP contribution is -1.79. The van der Waals surface area contributed by atoms with Crippen LogP contribution in [0.3, 0.4) is 0 Å². The quantitative estimate of drug-likeness (QED) is 0.633. The van der Waals surface area contributed by atoms with Gasteiger partial charge in [-0.2, -0.15) is 0 Å². The van der Waals surface area contributed by atoms with Crippen molar-refractivity contribution in [3.8, 4) is 22.5 Å². The van der Waals surface area contributed by atoms with Crippen LogP contribution >= 0.6 is 0 Å². The van der Waals surface area contributed by atoms with Crippen molar-refractivity contribution in [2.45, 2.75) is 0 Å². The molecule has 3 aromatic rings. The van der Waals surface area contributed by atoms with Gasteiger partial charge in [-0.05, 0) is 0 Å². The first-order chi connectivity index (χ1) is 7.45. The summed E-state index contributed by atoms with van der Waals surface area (Å²) in [7, 11) is 0. The Bertz CT molecular complexity index is 490. The van der Waals surface area contributed by atoms with Crippen molar-refractivity contribution in [3.63, 3.8) is 0 Å². The third kappa shape index (κ3) is 1.23. The standard InChI is InChI=1S/C9H5N3O3/c1-2-13-11-8(1)7-5-15-12-9(7)6-3-10-14-4-6/h1-5H. The molecule has 0 radical (unpaired) electrons. The lowest BCUT2D eigenvalue weighted by atomic mass is 10.1. The van der Waals surface area contributed by atoms with Crippen LogP contribution in [0.25, 0.3) is 22.5 Å². The van der Waals surface area contributed by atoms with Gasteiger partial charge in [-0.15, -0.1) is 0 Å². The summed E-state index contributed by atoms with van der Waals surface area (Å²) in [5, 5.41) is 11.3. The molecule has 0 amide bonds. The molecule has 0 atom stereocenters. The van der Waals surface area contributed by atoms with Crippen LogP contribution in [0.1, 0.15) is 0 Å². The van der Waals surface area contributed by atoms with Gasteiger partial charge in [0.05, 0.1) is 17.3 Å². The van der Waals surface area contributed by atoms with Gasteiger partial charge in [0.25, 0.3) is 0 Å². The van der Waals surface area contributed by atoms with Crippen LogP contribution < -0.4 is 0 Å². The SMILES string of the molecule is c1cc(-c2conc2-c2cnoc2)no1. The Kier molecular flexibility index (Phi) is 1.64. The second kappa shape index (κ2) is 3.09. The van der Waals surface area contributed by atoms with Gasteiger partial charge >= 0.3 is 0 Å². The monoisotopic (exact) mass is 203 g/mol. The maximum atomic E-state index is 4.89. The van der Waals surface area contributed by atoms with Crippen molar-refractivity contribution in [3.05, 3.63) is 31.1 Å². The highest BCUT2D eigenvalue weighted by Gasteiger charge is 2.15. The first-order valence-electron chi connectivity index (χ1n) is 4.20. The van der Waals surface area contributed by atoms with Crippen molar-refractivity contribution >= 4 is 0 Å². The molecule has 0 aliphatic carbocycles. The number of hydrogen-bond acceptors (Lipinski definition) is 6. The van der Waals surface area contributed by atoms with Crippen LogP contribution in [-0.4, -0.2) is 15.5 Å². The summed E-state index contributed by atoms with van der Waals surface area (Å²) in [5.74, 6) is 0. The lowest BCUT2D eigenvalue weighted by molar-refractivity contribution is 0.417. The van der Waals surface area contributed by atoms with E-state index in [-0.39, 0.29) is 0 Å². The van der Waals surface area contributed by atoms with E-state index < -0.39 is 0 Å². The second-order valence-corrected chi connectivity index (χ2v) is 2.87. The Labute approximate surface area is 83.4 Å². The van der Waals surface area contributed by atoms with Crippen LogP contribution in [0.5, 0.6) is 0 Å². The van der Waals surface area contributed by atoms with Crippen LogP contribution in [-0.2, 0) is 0 Å². The zero-order valence-electron chi connectivity index (χ0n) is 7.45. The van der Waals surface area contributed by atoms with E-state index in [1.165, 1.54) is 18.8 Å². The lowest BCUT2D eigenvalue weighted by Gasteiger charge is -1.90. The minimum atomic E-state index is 0.630. The summed E-state index contributed by atoms with van der Waals surface area (Å²) in [6.07, 6.45) is 6.03. The summed E-state index contributed by atoms with van der Waals surface area (Å²) in [6.45, 7) is 0. The molecule has 3 rings (SSSR count). The molecular weight excluding hydrogens is 198 g/mol. The largest absolute Gasteiger partial charge is 0.364 e. The minimum Gasteiger partial charge on any atom is -0.364 e. The van der Waals surface area contributed by atoms with Gasteiger partial charge in [0, 0.05) is 6.07 Å². The highest BCUT2D eigenvalue weighted by Crippen LogP contribution is 2.29. The first-order valence-corrected chi connectivity index (χ1v) is 4.20. The molecule has 6 nitrogen and oxygen atoms in total. The summed E-state index contributed by atoms with van der Waals surface area (Å²) in [5.41, 5.74) is 2.77. The van der Waals surface area contributed by atoms with Crippen molar-refractivity contribution in [2.24, 2.45) is 0 Å². The molecule has 0 saturated heterocycles. The molecule has 6 heteroatoms. The molecule has 3 heterocycles. The van der Waals surface area contributed by atoms with Gasteiger partial charge in [0.15, 0.2) is 0 Å². The minimum absolute atomic E-state index is 0.630. The molecule has 0 unspecified atom stereocenters. The Balaban J connectivity index is 2.15. The fourth-order valence-corrected chi connectivity index (χ4v) is 1.30. The number of aromatic nitrogens is 3. The Morgan fingerprint density at radius 2 is 2.00 bits per heavy atom. The van der Waals surface area contributed by atoms with Gasteiger partial charge in [-0.25, -0.2) is 0 Å². The molecule has 0 aromatic carbocycles. The van der Waals surface area contributed by atoms with Gasteiger partial charge in [0.1, 0.15) is 30.2 Å². The summed E-state index contributed by atoms with van der Waals surface area (Å²) in [6, 6.07) is 1.73. The maximum absolute atomic E-state index is 4.89. The molecule has 0 spiro atoms. The molecule has 0 bridgehead atoms. The highest BCUT2D eigenvalue weighted by molar-refractivity contribution is 5.76. The summed E-state index contributed by atoms with van der Waals surface area (Å²) in [4.78, 5) is 0. The van der Waals surface area contributed by atoms with Gasteiger partial charge in [-0.3, -0.25) is 0 Å². The number of rotatable bonds is 2. The first kappa shape index (κ1) is 7.98. The topological polar surface area (TPSA) is 78.1 Å². The smallest absolute Gasteiger partial charge is 0.134 e. The normalized spacial score (nSPS) is 10.7. The third-order valence-corrected chi connectivity index (χ3v) is 1.99. The summed E-state index contributed by atoms with van der Waals surface area (Å²) < 4.78 is 14.4. The molecular formula is C9H5N3O3. The van der Waals surface area contributed by atoms with E-state index in [0.29, 0.717) is 11.4 Å². The van der Waals surface area contributed by atoms with Crippen molar-refractivity contribution in [2.75, 3.05) is 0 Å². The Hall–Kier alpha value is -2.37. The van der Waals surface area contributed by atoms with E-state index in [2.05, 4.69) is 15.5 Å². The predicted octanol–water partition coefficient (Wildman–Crippen LogP) is 1.98. The molecule has 0 saturated carbocycles.